The summed E-state index contributed by atoms with van der Waals surface area (Å²) in [5.74, 6) is -0.565. The molecule has 1 amide bonds. The highest BCUT2D eigenvalue weighted by atomic mass is 32.1. The van der Waals surface area contributed by atoms with Crippen LogP contribution in [0.2, 0.25) is 0 Å². The van der Waals surface area contributed by atoms with Crippen LogP contribution in [0.3, 0.4) is 0 Å². The van der Waals surface area contributed by atoms with Gasteiger partial charge in [-0.2, -0.15) is 0 Å². The Morgan fingerprint density at radius 3 is 2.80 bits per heavy atom. The van der Waals surface area contributed by atoms with Gasteiger partial charge in [-0.15, -0.1) is 10.2 Å². The van der Waals surface area contributed by atoms with Crippen molar-refractivity contribution in [2.24, 2.45) is 5.92 Å². The maximum atomic E-state index is 13.7. The minimum Gasteiger partial charge on any atom is -0.296 e. The Bertz CT molecular complexity index is 625. The van der Waals surface area contributed by atoms with Crippen LogP contribution >= 0.6 is 11.3 Å². The van der Waals surface area contributed by atoms with Gasteiger partial charge in [-0.05, 0) is 30.5 Å². The van der Waals surface area contributed by atoms with Crippen molar-refractivity contribution in [3.05, 3.63) is 40.2 Å². The van der Waals surface area contributed by atoms with E-state index in [1.54, 1.807) is 13.0 Å². The molecule has 0 unspecified atom stereocenters. The molecular weight excluding hydrogens is 277 g/mol. The van der Waals surface area contributed by atoms with Gasteiger partial charge in [-0.3, -0.25) is 10.1 Å². The van der Waals surface area contributed by atoms with Gasteiger partial charge in [0.2, 0.25) is 5.13 Å². The number of nitrogens with one attached hydrogen (secondary N) is 1. The number of benzene rings is 1. The third kappa shape index (κ3) is 3.60. The number of aryl methyl sites for hydroxylation is 1. The second kappa shape index (κ2) is 6.09. The van der Waals surface area contributed by atoms with Gasteiger partial charge in [0.05, 0.1) is 5.56 Å². The van der Waals surface area contributed by atoms with Crippen molar-refractivity contribution in [3.63, 3.8) is 0 Å². The molecule has 6 heteroatoms. The monoisotopic (exact) mass is 293 g/mol. The molecule has 106 valence electrons. The Labute approximate surface area is 121 Å². The summed E-state index contributed by atoms with van der Waals surface area (Å²) in [5.41, 5.74) is 0.783. The molecule has 0 aliphatic heterocycles. The van der Waals surface area contributed by atoms with Crippen molar-refractivity contribution in [2.45, 2.75) is 27.2 Å². The van der Waals surface area contributed by atoms with E-state index in [0.717, 1.165) is 17.0 Å². The lowest BCUT2D eigenvalue weighted by Crippen LogP contribution is -2.13. The van der Waals surface area contributed by atoms with E-state index in [2.05, 4.69) is 29.4 Å². The Morgan fingerprint density at radius 1 is 1.40 bits per heavy atom. The van der Waals surface area contributed by atoms with Gasteiger partial charge in [-0.1, -0.05) is 31.3 Å². The molecule has 1 aromatic heterocycles. The summed E-state index contributed by atoms with van der Waals surface area (Å²) < 4.78 is 13.7. The standard InChI is InChI=1S/C14H16FN3OS/c1-8(2)6-12-17-18-14(20-12)16-13(19)10-5-4-9(3)7-11(10)15/h4-5,7-8H,6H2,1-3H3,(H,16,18,19). The Kier molecular flexibility index (Phi) is 4.44. The number of carbonyl (C=O) groups is 1. The number of nitrogens with zero attached hydrogens (tertiary/aromatic N) is 2. The van der Waals surface area contributed by atoms with Crippen LogP contribution in [-0.2, 0) is 6.42 Å². The fourth-order valence-corrected chi connectivity index (χ4v) is 2.65. The maximum absolute atomic E-state index is 13.7. The first kappa shape index (κ1) is 14.6. The van der Waals surface area contributed by atoms with Crippen LogP contribution in [0.15, 0.2) is 18.2 Å². The van der Waals surface area contributed by atoms with Crippen LogP contribution < -0.4 is 5.32 Å². The largest absolute Gasteiger partial charge is 0.296 e. The highest BCUT2D eigenvalue weighted by molar-refractivity contribution is 7.15. The lowest BCUT2D eigenvalue weighted by molar-refractivity contribution is 0.102. The lowest BCUT2D eigenvalue weighted by atomic mass is 10.1. The molecule has 0 saturated heterocycles. The first-order valence-corrected chi connectivity index (χ1v) is 7.17. The molecular formula is C14H16FN3OS. The molecule has 0 bridgehead atoms. The average molecular weight is 293 g/mol. The zero-order valence-corrected chi connectivity index (χ0v) is 12.4. The van der Waals surface area contributed by atoms with E-state index in [1.165, 1.54) is 23.5 Å². The van der Waals surface area contributed by atoms with Gasteiger partial charge in [0.25, 0.3) is 5.91 Å². The number of aromatic nitrogens is 2. The van der Waals surface area contributed by atoms with E-state index in [1.807, 2.05) is 0 Å². The van der Waals surface area contributed by atoms with Crippen molar-refractivity contribution < 1.29 is 9.18 Å². The van der Waals surface area contributed by atoms with Crippen molar-refractivity contribution >= 4 is 22.4 Å². The summed E-state index contributed by atoms with van der Waals surface area (Å²) in [7, 11) is 0. The first-order valence-electron chi connectivity index (χ1n) is 6.35. The van der Waals surface area contributed by atoms with Crippen molar-refractivity contribution in [2.75, 3.05) is 5.32 Å². The topological polar surface area (TPSA) is 54.9 Å². The molecule has 20 heavy (non-hydrogen) atoms. The molecule has 2 rings (SSSR count). The molecule has 0 aliphatic carbocycles. The summed E-state index contributed by atoms with van der Waals surface area (Å²) in [6, 6.07) is 4.50. The zero-order chi connectivity index (χ0) is 14.7. The molecule has 1 aromatic carbocycles. The predicted octanol–water partition coefficient (Wildman–Crippen LogP) is 3.44. The first-order chi connectivity index (χ1) is 9.45. The van der Waals surface area contributed by atoms with Gasteiger partial charge < -0.3 is 0 Å². The molecule has 0 radical (unpaired) electrons. The number of rotatable bonds is 4. The second-order valence-electron chi connectivity index (χ2n) is 5.04. The third-order valence-corrected chi connectivity index (χ3v) is 3.50. The van der Waals surface area contributed by atoms with E-state index < -0.39 is 11.7 Å². The lowest BCUT2D eigenvalue weighted by Gasteiger charge is -2.03. The molecule has 4 nitrogen and oxygen atoms in total. The molecule has 0 saturated carbocycles. The number of anilines is 1. The van der Waals surface area contributed by atoms with Crippen LogP contribution in [0.1, 0.15) is 34.8 Å². The minimum atomic E-state index is -0.533. The molecule has 0 aliphatic rings. The number of hydrogen-bond donors (Lipinski definition) is 1. The highest BCUT2D eigenvalue weighted by Crippen LogP contribution is 2.19. The molecule has 0 atom stereocenters. The van der Waals surface area contributed by atoms with Crippen LogP contribution in [0.4, 0.5) is 9.52 Å². The van der Waals surface area contributed by atoms with Gasteiger partial charge in [-0.25, -0.2) is 4.39 Å². The van der Waals surface area contributed by atoms with Crippen molar-refractivity contribution in [3.8, 4) is 0 Å². The predicted molar refractivity (Wildman–Crippen MR) is 77.5 cm³/mol. The molecule has 2 aromatic rings. The molecule has 0 spiro atoms. The smallest absolute Gasteiger partial charge is 0.260 e. The summed E-state index contributed by atoms with van der Waals surface area (Å²) >= 11 is 1.32. The minimum absolute atomic E-state index is 0.0104. The van der Waals surface area contributed by atoms with Crippen molar-refractivity contribution in [1.82, 2.24) is 10.2 Å². The average Bonchev–Trinajstić information content (AvgIpc) is 2.75. The fraction of sp³-hybridized carbons (Fsp3) is 0.357. The van der Waals surface area contributed by atoms with Gasteiger partial charge in [0, 0.05) is 6.42 Å². The summed E-state index contributed by atoms with van der Waals surface area (Å²) in [6.45, 7) is 5.94. The maximum Gasteiger partial charge on any atom is 0.260 e. The van der Waals surface area contributed by atoms with E-state index in [9.17, 15) is 9.18 Å². The zero-order valence-electron chi connectivity index (χ0n) is 11.6. The Balaban J connectivity index is 2.09. The second-order valence-corrected chi connectivity index (χ2v) is 6.10. The Morgan fingerprint density at radius 2 is 2.15 bits per heavy atom. The summed E-state index contributed by atoms with van der Waals surface area (Å²) in [6.07, 6.45) is 0.812. The van der Waals surface area contributed by atoms with Crippen LogP contribution in [0.5, 0.6) is 0 Å². The number of halogens is 1. The normalized spacial score (nSPS) is 10.8. The van der Waals surface area contributed by atoms with Crippen molar-refractivity contribution in [1.29, 1.82) is 0 Å². The third-order valence-electron chi connectivity index (χ3n) is 2.64. The van der Waals surface area contributed by atoms with E-state index in [-0.39, 0.29) is 5.56 Å². The molecule has 1 N–H and O–H groups in total. The number of hydrogen-bond acceptors (Lipinski definition) is 4. The Hall–Kier alpha value is -1.82. The summed E-state index contributed by atoms with van der Waals surface area (Å²) in [5, 5.41) is 11.7. The van der Waals surface area contributed by atoms with Crippen LogP contribution in [0, 0.1) is 18.7 Å². The van der Waals surface area contributed by atoms with Crippen LogP contribution in [-0.4, -0.2) is 16.1 Å². The van der Waals surface area contributed by atoms with Gasteiger partial charge in [0.1, 0.15) is 10.8 Å². The van der Waals surface area contributed by atoms with E-state index >= 15 is 0 Å². The van der Waals surface area contributed by atoms with Crippen LogP contribution in [0.25, 0.3) is 0 Å². The summed E-state index contributed by atoms with van der Waals surface area (Å²) in [4.78, 5) is 12.0. The van der Waals surface area contributed by atoms with Gasteiger partial charge >= 0.3 is 0 Å². The fourth-order valence-electron chi connectivity index (χ4n) is 1.70. The molecule has 1 heterocycles. The SMILES string of the molecule is Cc1ccc(C(=O)Nc2nnc(CC(C)C)s2)c(F)c1. The molecule has 0 fully saturated rings. The van der Waals surface area contributed by atoms with E-state index in [0.29, 0.717) is 11.0 Å². The quantitative estimate of drug-likeness (QED) is 0.939. The van der Waals surface area contributed by atoms with Gasteiger partial charge in [0.15, 0.2) is 0 Å². The number of carbonyl (C=O) groups excluding carboxylic acids is 1. The van der Waals surface area contributed by atoms with E-state index in [4.69, 9.17) is 0 Å². The highest BCUT2D eigenvalue weighted by Gasteiger charge is 2.14. The number of amides is 1.